The number of nitrogens with two attached hydrogens (primary N) is 1. The van der Waals surface area contributed by atoms with Gasteiger partial charge in [0.15, 0.2) is 0 Å². The fourth-order valence-corrected chi connectivity index (χ4v) is 4.12. The highest BCUT2D eigenvalue weighted by Crippen LogP contribution is 2.25. The average molecular weight is 309 g/mol. The second-order valence-corrected chi connectivity index (χ2v) is 7.79. The molecule has 1 aromatic carbocycles. The topological polar surface area (TPSA) is 75.4 Å². The minimum Gasteiger partial charge on any atom is -0.371 e. The molecule has 1 saturated heterocycles. The first-order chi connectivity index (χ1) is 10.1. The smallest absolute Gasteiger partial charge is 0.240 e. The Morgan fingerprint density at radius 1 is 1.19 bits per heavy atom. The number of nitrogens with zero attached hydrogens (tertiary/aromatic N) is 1. The summed E-state index contributed by atoms with van der Waals surface area (Å²) in [5, 5.41) is 0. The predicted octanol–water partition coefficient (Wildman–Crippen LogP) is 1.30. The van der Waals surface area contributed by atoms with E-state index in [2.05, 4.69) is 9.62 Å². The third-order valence-electron chi connectivity index (χ3n) is 4.26. The maximum Gasteiger partial charge on any atom is 0.240 e. The number of rotatable bonds is 5. The van der Waals surface area contributed by atoms with Gasteiger partial charge in [0, 0.05) is 24.8 Å². The molecule has 0 radical (unpaired) electrons. The molecule has 6 heteroatoms. The highest BCUT2D eigenvalue weighted by atomic mass is 32.2. The van der Waals surface area contributed by atoms with Gasteiger partial charge in [0.25, 0.3) is 0 Å². The lowest BCUT2D eigenvalue weighted by molar-refractivity contribution is 0.423. The highest BCUT2D eigenvalue weighted by Gasteiger charge is 2.28. The van der Waals surface area contributed by atoms with E-state index < -0.39 is 10.0 Å². The Balaban J connectivity index is 1.71. The molecule has 0 amide bonds. The summed E-state index contributed by atoms with van der Waals surface area (Å²) in [4.78, 5) is 2.65. The molecule has 5 nitrogen and oxygen atoms in total. The normalized spacial score (nSPS) is 23.3. The van der Waals surface area contributed by atoms with Crippen molar-refractivity contribution in [2.24, 2.45) is 11.7 Å². The lowest BCUT2D eigenvalue weighted by atomic mass is 9.98. The van der Waals surface area contributed by atoms with Crippen LogP contribution in [0.15, 0.2) is 29.2 Å². The summed E-state index contributed by atoms with van der Waals surface area (Å²) in [6.07, 6.45) is 4.23. The van der Waals surface area contributed by atoms with Crippen molar-refractivity contribution in [3.05, 3.63) is 24.3 Å². The second-order valence-electron chi connectivity index (χ2n) is 6.08. The minimum absolute atomic E-state index is 0.141. The van der Waals surface area contributed by atoms with E-state index in [1.54, 1.807) is 12.1 Å². The second kappa shape index (κ2) is 5.94. The van der Waals surface area contributed by atoms with Gasteiger partial charge in [-0.15, -0.1) is 0 Å². The van der Waals surface area contributed by atoms with Gasteiger partial charge in [-0.05, 0) is 62.4 Å². The number of piperidine rings is 1. The predicted molar refractivity (Wildman–Crippen MR) is 83.8 cm³/mol. The van der Waals surface area contributed by atoms with Crippen molar-refractivity contribution in [1.29, 1.82) is 0 Å². The molecule has 0 bridgehead atoms. The molecule has 1 saturated carbocycles. The number of anilines is 1. The first kappa shape index (κ1) is 14.8. The SMILES string of the molecule is NCC1CCCN(c2ccc(S(=O)(=O)NC3CC3)cc2)C1. The van der Waals surface area contributed by atoms with Gasteiger partial charge in [-0.3, -0.25) is 0 Å². The molecular formula is C15H23N3O2S. The van der Waals surface area contributed by atoms with Crippen molar-refractivity contribution >= 4 is 15.7 Å². The van der Waals surface area contributed by atoms with Gasteiger partial charge in [0.2, 0.25) is 10.0 Å². The third kappa shape index (κ3) is 3.56. The maximum absolute atomic E-state index is 12.1. The molecule has 1 aliphatic heterocycles. The minimum atomic E-state index is -3.35. The van der Waals surface area contributed by atoms with Gasteiger partial charge >= 0.3 is 0 Å². The zero-order valence-electron chi connectivity index (χ0n) is 12.2. The summed E-state index contributed by atoms with van der Waals surface area (Å²) in [6.45, 7) is 2.69. The zero-order chi connectivity index (χ0) is 14.9. The number of sulfonamides is 1. The van der Waals surface area contributed by atoms with Crippen molar-refractivity contribution in [2.75, 3.05) is 24.5 Å². The molecule has 1 aliphatic carbocycles. The third-order valence-corrected chi connectivity index (χ3v) is 5.80. The van der Waals surface area contributed by atoms with Crippen molar-refractivity contribution in [2.45, 2.75) is 36.6 Å². The van der Waals surface area contributed by atoms with Crippen molar-refractivity contribution < 1.29 is 8.42 Å². The van der Waals surface area contributed by atoms with Crippen LogP contribution in [-0.2, 0) is 10.0 Å². The monoisotopic (exact) mass is 309 g/mol. The van der Waals surface area contributed by atoms with Crippen LogP contribution in [0.1, 0.15) is 25.7 Å². The van der Waals surface area contributed by atoms with E-state index in [0.29, 0.717) is 17.4 Å². The van der Waals surface area contributed by atoms with Crippen LogP contribution >= 0.6 is 0 Å². The Morgan fingerprint density at radius 3 is 2.52 bits per heavy atom. The van der Waals surface area contributed by atoms with Gasteiger partial charge in [-0.1, -0.05) is 0 Å². The molecule has 3 N–H and O–H groups in total. The Hall–Kier alpha value is -1.11. The molecule has 2 fully saturated rings. The molecule has 1 aromatic rings. The largest absolute Gasteiger partial charge is 0.371 e. The zero-order valence-corrected chi connectivity index (χ0v) is 13.0. The summed E-state index contributed by atoms with van der Waals surface area (Å²) in [6, 6.07) is 7.35. The molecule has 1 atom stereocenters. The van der Waals surface area contributed by atoms with Gasteiger partial charge < -0.3 is 10.6 Å². The van der Waals surface area contributed by atoms with Gasteiger partial charge in [0.1, 0.15) is 0 Å². The number of hydrogen-bond donors (Lipinski definition) is 2. The van der Waals surface area contributed by atoms with Crippen molar-refractivity contribution in [3.8, 4) is 0 Å². The Kier molecular flexibility index (Phi) is 4.19. The van der Waals surface area contributed by atoms with E-state index in [9.17, 15) is 8.42 Å². The Morgan fingerprint density at radius 2 is 1.90 bits per heavy atom. The van der Waals surface area contributed by atoms with Gasteiger partial charge in [-0.25, -0.2) is 13.1 Å². The van der Waals surface area contributed by atoms with E-state index in [1.807, 2.05) is 12.1 Å². The van der Waals surface area contributed by atoms with E-state index in [1.165, 1.54) is 6.42 Å². The van der Waals surface area contributed by atoms with Crippen LogP contribution in [-0.4, -0.2) is 34.1 Å². The molecule has 21 heavy (non-hydrogen) atoms. The van der Waals surface area contributed by atoms with E-state index in [0.717, 1.165) is 38.0 Å². The number of nitrogens with one attached hydrogen (secondary N) is 1. The summed E-state index contributed by atoms with van der Waals surface area (Å²) in [7, 11) is -3.35. The summed E-state index contributed by atoms with van der Waals surface area (Å²) >= 11 is 0. The Bertz CT molecular complexity index is 581. The van der Waals surface area contributed by atoms with Crippen LogP contribution < -0.4 is 15.4 Å². The fourth-order valence-electron chi connectivity index (χ4n) is 2.82. The summed E-state index contributed by atoms with van der Waals surface area (Å²) in [5.74, 6) is 0.540. The summed E-state index contributed by atoms with van der Waals surface area (Å²) < 4.78 is 27.0. The van der Waals surface area contributed by atoms with Crippen molar-refractivity contribution in [3.63, 3.8) is 0 Å². The van der Waals surface area contributed by atoms with Crippen LogP contribution in [0.5, 0.6) is 0 Å². The molecule has 0 aromatic heterocycles. The van der Waals surface area contributed by atoms with Crippen molar-refractivity contribution in [1.82, 2.24) is 4.72 Å². The van der Waals surface area contributed by atoms with Crippen LogP contribution in [0.4, 0.5) is 5.69 Å². The van der Waals surface area contributed by atoms with Crippen LogP contribution in [0.25, 0.3) is 0 Å². The van der Waals surface area contributed by atoms with E-state index in [-0.39, 0.29) is 6.04 Å². The molecule has 0 spiro atoms. The molecule has 1 unspecified atom stereocenters. The number of benzene rings is 1. The first-order valence-electron chi connectivity index (χ1n) is 7.66. The standard InChI is InChI=1S/C15H23N3O2S/c16-10-12-2-1-9-18(11-12)14-5-7-15(8-6-14)21(19,20)17-13-3-4-13/h5-8,12-13,17H,1-4,9-11,16H2. The fraction of sp³-hybridized carbons (Fsp3) is 0.600. The van der Waals surface area contributed by atoms with Gasteiger partial charge in [0.05, 0.1) is 4.90 Å². The van der Waals surface area contributed by atoms with Crippen LogP contribution in [0.2, 0.25) is 0 Å². The molecule has 2 aliphatic rings. The maximum atomic E-state index is 12.1. The highest BCUT2D eigenvalue weighted by molar-refractivity contribution is 7.89. The Labute approximate surface area is 126 Å². The number of hydrogen-bond acceptors (Lipinski definition) is 4. The molecule has 1 heterocycles. The van der Waals surface area contributed by atoms with E-state index >= 15 is 0 Å². The lowest BCUT2D eigenvalue weighted by Gasteiger charge is -2.34. The van der Waals surface area contributed by atoms with Crippen LogP contribution in [0.3, 0.4) is 0 Å². The quantitative estimate of drug-likeness (QED) is 0.860. The average Bonchev–Trinajstić information content (AvgIpc) is 3.31. The summed E-state index contributed by atoms with van der Waals surface area (Å²) in [5.41, 5.74) is 6.84. The first-order valence-corrected chi connectivity index (χ1v) is 9.14. The van der Waals surface area contributed by atoms with Crippen LogP contribution in [0, 0.1) is 5.92 Å². The van der Waals surface area contributed by atoms with Gasteiger partial charge in [-0.2, -0.15) is 0 Å². The molecule has 116 valence electrons. The lowest BCUT2D eigenvalue weighted by Crippen LogP contribution is -2.38. The molecule has 3 rings (SSSR count). The van der Waals surface area contributed by atoms with E-state index in [4.69, 9.17) is 5.73 Å². The molecular weight excluding hydrogens is 286 g/mol.